The molecule has 5 nitrogen and oxygen atoms in total. The second-order valence-electron chi connectivity index (χ2n) is 4.23. The number of likely N-dealkylation sites (tertiary alicyclic amines) is 1. The van der Waals surface area contributed by atoms with Crippen LogP contribution in [0.25, 0.3) is 0 Å². The van der Waals surface area contributed by atoms with E-state index in [2.05, 4.69) is 5.32 Å². The number of nitrogens with zero attached hydrogens (tertiary/aromatic N) is 1. The first-order valence-corrected chi connectivity index (χ1v) is 7.38. The number of carbonyl (C=O) groups is 2. The maximum atomic E-state index is 12.2. The summed E-state index contributed by atoms with van der Waals surface area (Å²) in [5.74, 6) is 0.849. The monoisotopic (exact) mass is 259 g/mol. The number of urea groups is 1. The Kier molecular flexibility index (Phi) is 6.18. The SMILES string of the molecule is CSCC[C@@H](NC(N)=O)C(=O)N1CCCCC1. The average Bonchev–Trinajstić information content (AvgIpc) is 2.34. The highest BCUT2D eigenvalue weighted by molar-refractivity contribution is 7.98. The summed E-state index contributed by atoms with van der Waals surface area (Å²) in [5, 5.41) is 2.55. The van der Waals surface area contributed by atoms with Crippen LogP contribution in [0.5, 0.6) is 0 Å². The van der Waals surface area contributed by atoms with Gasteiger partial charge in [-0.1, -0.05) is 0 Å². The minimum Gasteiger partial charge on any atom is -0.352 e. The molecule has 6 heteroatoms. The van der Waals surface area contributed by atoms with Crippen LogP contribution in [0.2, 0.25) is 0 Å². The van der Waals surface area contributed by atoms with Crippen LogP contribution in [-0.2, 0) is 4.79 Å². The Labute approximate surface area is 106 Å². The Balaban J connectivity index is 2.53. The fraction of sp³-hybridized carbons (Fsp3) is 0.818. The normalized spacial score (nSPS) is 17.6. The standard InChI is InChI=1S/C11H21N3O2S/c1-17-8-5-9(13-11(12)16)10(15)14-6-3-2-4-7-14/h9H,2-8H2,1H3,(H3,12,13,16)/t9-/m1/s1. The van der Waals surface area contributed by atoms with Crippen LogP contribution in [0, 0.1) is 0 Å². The lowest BCUT2D eigenvalue weighted by atomic mass is 10.1. The molecule has 17 heavy (non-hydrogen) atoms. The molecule has 1 atom stereocenters. The van der Waals surface area contributed by atoms with Gasteiger partial charge < -0.3 is 16.0 Å². The van der Waals surface area contributed by atoms with Crippen molar-refractivity contribution in [2.45, 2.75) is 31.7 Å². The molecule has 0 aromatic rings. The van der Waals surface area contributed by atoms with Gasteiger partial charge in [0.25, 0.3) is 0 Å². The Morgan fingerprint density at radius 3 is 2.53 bits per heavy atom. The van der Waals surface area contributed by atoms with Crippen LogP contribution >= 0.6 is 11.8 Å². The van der Waals surface area contributed by atoms with E-state index in [0.29, 0.717) is 6.42 Å². The number of primary amides is 1. The highest BCUT2D eigenvalue weighted by Crippen LogP contribution is 2.12. The summed E-state index contributed by atoms with van der Waals surface area (Å²) in [7, 11) is 0. The van der Waals surface area contributed by atoms with Crippen molar-refractivity contribution >= 4 is 23.7 Å². The predicted octanol–water partition coefficient (Wildman–Crippen LogP) is 0.789. The molecule has 1 fully saturated rings. The number of piperidine rings is 1. The Hall–Kier alpha value is -0.910. The molecule has 0 radical (unpaired) electrons. The minimum atomic E-state index is -0.624. The number of amides is 3. The second-order valence-corrected chi connectivity index (χ2v) is 5.21. The van der Waals surface area contributed by atoms with Gasteiger partial charge in [0, 0.05) is 13.1 Å². The molecule has 0 saturated carbocycles. The molecule has 0 aromatic carbocycles. The van der Waals surface area contributed by atoms with Crippen LogP contribution < -0.4 is 11.1 Å². The quantitative estimate of drug-likeness (QED) is 0.766. The number of rotatable bonds is 5. The van der Waals surface area contributed by atoms with Crippen molar-refractivity contribution in [3.8, 4) is 0 Å². The van der Waals surface area contributed by atoms with Gasteiger partial charge in [0.1, 0.15) is 6.04 Å². The summed E-state index contributed by atoms with van der Waals surface area (Å²) in [6.45, 7) is 1.60. The predicted molar refractivity (Wildman–Crippen MR) is 69.9 cm³/mol. The summed E-state index contributed by atoms with van der Waals surface area (Å²) in [6.07, 6.45) is 5.91. The van der Waals surface area contributed by atoms with Crippen molar-refractivity contribution in [1.82, 2.24) is 10.2 Å². The molecule has 0 aromatic heterocycles. The minimum absolute atomic E-state index is 0.0116. The summed E-state index contributed by atoms with van der Waals surface area (Å²) in [6, 6.07) is -1.08. The molecule has 1 aliphatic rings. The molecule has 3 amide bonds. The summed E-state index contributed by atoms with van der Waals surface area (Å²) in [5.41, 5.74) is 5.10. The van der Waals surface area contributed by atoms with E-state index >= 15 is 0 Å². The van der Waals surface area contributed by atoms with Gasteiger partial charge in [0.15, 0.2) is 0 Å². The first-order valence-electron chi connectivity index (χ1n) is 5.99. The topological polar surface area (TPSA) is 75.4 Å². The van der Waals surface area contributed by atoms with Crippen LogP contribution in [0.3, 0.4) is 0 Å². The number of carbonyl (C=O) groups excluding carboxylic acids is 2. The zero-order valence-electron chi connectivity index (χ0n) is 10.3. The third-order valence-corrected chi connectivity index (χ3v) is 3.54. The first-order chi connectivity index (χ1) is 8.15. The third kappa shape index (κ3) is 4.85. The maximum Gasteiger partial charge on any atom is 0.312 e. The molecule has 0 aliphatic carbocycles. The number of thioether (sulfide) groups is 1. The molecule has 3 N–H and O–H groups in total. The van der Waals surface area contributed by atoms with Crippen molar-refractivity contribution in [2.75, 3.05) is 25.1 Å². The largest absolute Gasteiger partial charge is 0.352 e. The maximum absolute atomic E-state index is 12.2. The summed E-state index contributed by atoms with van der Waals surface area (Å²) < 4.78 is 0. The van der Waals surface area contributed by atoms with Gasteiger partial charge in [-0.2, -0.15) is 11.8 Å². The molecule has 1 saturated heterocycles. The molecule has 0 unspecified atom stereocenters. The molecule has 0 spiro atoms. The third-order valence-electron chi connectivity index (χ3n) is 2.89. The fourth-order valence-electron chi connectivity index (χ4n) is 2.00. The molecule has 1 rings (SSSR count). The van der Waals surface area contributed by atoms with E-state index in [9.17, 15) is 9.59 Å². The van der Waals surface area contributed by atoms with Gasteiger partial charge in [-0.15, -0.1) is 0 Å². The van der Waals surface area contributed by atoms with Crippen molar-refractivity contribution in [3.05, 3.63) is 0 Å². The first kappa shape index (κ1) is 14.2. The van der Waals surface area contributed by atoms with Crippen molar-refractivity contribution < 1.29 is 9.59 Å². The lowest BCUT2D eigenvalue weighted by Gasteiger charge is -2.30. The lowest BCUT2D eigenvalue weighted by molar-refractivity contribution is -0.134. The molecule has 0 bridgehead atoms. The van der Waals surface area contributed by atoms with Crippen LogP contribution in [0.1, 0.15) is 25.7 Å². The fourth-order valence-corrected chi connectivity index (χ4v) is 2.47. The smallest absolute Gasteiger partial charge is 0.312 e. The van der Waals surface area contributed by atoms with Gasteiger partial charge in [0.2, 0.25) is 5.91 Å². The highest BCUT2D eigenvalue weighted by atomic mass is 32.2. The van der Waals surface area contributed by atoms with E-state index in [0.717, 1.165) is 31.7 Å². The van der Waals surface area contributed by atoms with E-state index < -0.39 is 12.1 Å². The van der Waals surface area contributed by atoms with Gasteiger partial charge in [-0.3, -0.25) is 4.79 Å². The van der Waals surface area contributed by atoms with Crippen molar-refractivity contribution in [3.63, 3.8) is 0 Å². The molecular formula is C11H21N3O2S. The van der Waals surface area contributed by atoms with Crippen LogP contribution in [0.4, 0.5) is 4.79 Å². The molecule has 98 valence electrons. The van der Waals surface area contributed by atoms with E-state index in [1.54, 1.807) is 11.8 Å². The molecule has 1 heterocycles. The van der Waals surface area contributed by atoms with Gasteiger partial charge in [-0.05, 0) is 37.7 Å². The summed E-state index contributed by atoms with van der Waals surface area (Å²) >= 11 is 1.66. The average molecular weight is 259 g/mol. The lowest BCUT2D eigenvalue weighted by Crippen LogP contribution is -2.51. The van der Waals surface area contributed by atoms with E-state index in [4.69, 9.17) is 5.73 Å². The number of nitrogens with one attached hydrogen (secondary N) is 1. The Morgan fingerprint density at radius 1 is 1.35 bits per heavy atom. The molecule has 1 aliphatic heterocycles. The van der Waals surface area contributed by atoms with E-state index in [1.165, 1.54) is 6.42 Å². The Bertz CT molecular complexity index is 267. The van der Waals surface area contributed by atoms with Gasteiger partial charge in [0.05, 0.1) is 0 Å². The number of hydrogen-bond donors (Lipinski definition) is 2. The highest BCUT2D eigenvalue weighted by Gasteiger charge is 2.25. The number of hydrogen-bond acceptors (Lipinski definition) is 3. The van der Waals surface area contributed by atoms with Crippen molar-refractivity contribution in [1.29, 1.82) is 0 Å². The summed E-state index contributed by atoms with van der Waals surface area (Å²) in [4.78, 5) is 24.9. The number of nitrogens with two attached hydrogens (primary N) is 1. The van der Waals surface area contributed by atoms with Gasteiger partial charge in [-0.25, -0.2) is 4.79 Å². The second kappa shape index (κ2) is 7.42. The molecular weight excluding hydrogens is 238 g/mol. The van der Waals surface area contributed by atoms with E-state index in [-0.39, 0.29) is 5.91 Å². The van der Waals surface area contributed by atoms with Crippen molar-refractivity contribution in [2.24, 2.45) is 5.73 Å². The van der Waals surface area contributed by atoms with E-state index in [1.807, 2.05) is 11.2 Å². The van der Waals surface area contributed by atoms with Gasteiger partial charge >= 0.3 is 6.03 Å². The van der Waals surface area contributed by atoms with Crippen LogP contribution in [0.15, 0.2) is 0 Å². The Morgan fingerprint density at radius 2 is 2.00 bits per heavy atom. The van der Waals surface area contributed by atoms with Crippen LogP contribution in [-0.4, -0.2) is 48.0 Å². The zero-order valence-corrected chi connectivity index (χ0v) is 11.1. The zero-order chi connectivity index (χ0) is 12.7.